The fourth-order valence-electron chi connectivity index (χ4n) is 3.28. The molecule has 0 unspecified atom stereocenters. The van der Waals surface area contributed by atoms with E-state index in [0.29, 0.717) is 25.7 Å². The highest BCUT2D eigenvalue weighted by Crippen LogP contribution is 2.24. The number of guanidine groups is 1. The highest BCUT2D eigenvalue weighted by Gasteiger charge is 2.22. The lowest BCUT2D eigenvalue weighted by atomic mass is 10.1. The highest BCUT2D eigenvalue weighted by molar-refractivity contribution is 14.0. The Morgan fingerprint density at radius 2 is 2.03 bits per heavy atom. The molecule has 1 aliphatic heterocycles. The minimum absolute atomic E-state index is 0. The SMILES string of the molecule is CCCN(CCNC(=NC)NC1CCN(c2cccs2)CC1)C(=O)OC(C)(C)C.I. The Balaban J connectivity index is 0.00000450. The van der Waals surface area contributed by atoms with Gasteiger partial charge in [-0.2, -0.15) is 0 Å². The molecular formula is C21H38IN5O2S. The van der Waals surface area contributed by atoms with Crippen molar-refractivity contribution in [1.29, 1.82) is 0 Å². The summed E-state index contributed by atoms with van der Waals surface area (Å²) in [6, 6.07) is 4.70. The zero-order chi connectivity index (χ0) is 21.3. The summed E-state index contributed by atoms with van der Waals surface area (Å²) in [7, 11) is 1.79. The molecule has 1 saturated heterocycles. The lowest BCUT2D eigenvalue weighted by molar-refractivity contribution is 0.0253. The summed E-state index contributed by atoms with van der Waals surface area (Å²) in [5.74, 6) is 0.792. The molecule has 0 aromatic carbocycles. The zero-order valence-electron chi connectivity index (χ0n) is 18.9. The van der Waals surface area contributed by atoms with Crippen molar-refractivity contribution in [3.63, 3.8) is 0 Å². The maximum absolute atomic E-state index is 12.4. The largest absolute Gasteiger partial charge is 0.444 e. The Kier molecular flexibility index (Phi) is 11.8. The van der Waals surface area contributed by atoms with Crippen molar-refractivity contribution in [1.82, 2.24) is 15.5 Å². The number of thiophene rings is 1. The normalized spacial score (nSPS) is 15.4. The number of piperidine rings is 1. The molecule has 7 nitrogen and oxygen atoms in total. The van der Waals surface area contributed by atoms with Crippen LogP contribution in [0.1, 0.15) is 47.0 Å². The van der Waals surface area contributed by atoms with E-state index in [1.165, 1.54) is 5.00 Å². The molecule has 1 aromatic heterocycles. The van der Waals surface area contributed by atoms with Gasteiger partial charge in [-0.05, 0) is 57.5 Å². The number of hydrogen-bond acceptors (Lipinski definition) is 5. The Bertz CT molecular complexity index is 640. The zero-order valence-corrected chi connectivity index (χ0v) is 22.1. The number of amides is 1. The quantitative estimate of drug-likeness (QED) is 0.303. The van der Waals surface area contributed by atoms with Gasteiger partial charge < -0.3 is 25.2 Å². The van der Waals surface area contributed by atoms with Crippen LogP contribution in [0.2, 0.25) is 0 Å². The topological polar surface area (TPSA) is 69.2 Å². The van der Waals surface area contributed by atoms with Crippen LogP contribution in [0.15, 0.2) is 22.5 Å². The first-order valence-electron chi connectivity index (χ1n) is 10.6. The Morgan fingerprint density at radius 1 is 1.33 bits per heavy atom. The maximum Gasteiger partial charge on any atom is 0.410 e. The number of ether oxygens (including phenoxy) is 1. The van der Waals surface area contributed by atoms with Crippen LogP contribution in [0.3, 0.4) is 0 Å². The van der Waals surface area contributed by atoms with Crippen molar-refractivity contribution in [2.75, 3.05) is 44.7 Å². The van der Waals surface area contributed by atoms with Gasteiger partial charge in [0.15, 0.2) is 5.96 Å². The number of carbonyl (C=O) groups excluding carboxylic acids is 1. The summed E-state index contributed by atoms with van der Waals surface area (Å²) in [4.78, 5) is 20.9. The molecule has 0 spiro atoms. The molecule has 0 atom stereocenters. The van der Waals surface area contributed by atoms with Crippen molar-refractivity contribution in [2.45, 2.75) is 58.6 Å². The predicted octanol–water partition coefficient (Wildman–Crippen LogP) is 4.15. The average Bonchev–Trinajstić information content (AvgIpc) is 3.20. The molecule has 0 bridgehead atoms. The molecular weight excluding hydrogens is 513 g/mol. The van der Waals surface area contributed by atoms with Gasteiger partial charge in [0.2, 0.25) is 0 Å². The average molecular weight is 552 g/mol. The third-order valence-electron chi connectivity index (χ3n) is 4.70. The Hall–Kier alpha value is -1.23. The van der Waals surface area contributed by atoms with Gasteiger partial charge in [0.05, 0.1) is 5.00 Å². The summed E-state index contributed by atoms with van der Waals surface area (Å²) in [5, 5.41) is 10.3. The molecule has 0 saturated carbocycles. The lowest BCUT2D eigenvalue weighted by Gasteiger charge is -2.33. The second kappa shape index (κ2) is 13.2. The molecule has 30 heavy (non-hydrogen) atoms. The summed E-state index contributed by atoms with van der Waals surface area (Å²) < 4.78 is 5.51. The van der Waals surface area contributed by atoms with Crippen LogP contribution in [0, 0.1) is 0 Å². The number of carbonyl (C=O) groups is 1. The fourth-order valence-corrected chi connectivity index (χ4v) is 4.07. The van der Waals surface area contributed by atoms with Gasteiger partial charge in [-0.15, -0.1) is 35.3 Å². The molecule has 2 N–H and O–H groups in total. The van der Waals surface area contributed by atoms with Crippen LogP contribution in [0.4, 0.5) is 9.80 Å². The maximum atomic E-state index is 12.4. The summed E-state index contributed by atoms with van der Waals surface area (Å²) in [6.45, 7) is 11.7. The van der Waals surface area contributed by atoms with E-state index in [1.807, 2.05) is 20.8 Å². The standard InChI is InChI=1S/C21H37N5O2S.HI/c1-6-12-26(20(27)28-21(2,3)4)15-11-23-19(22-5)24-17-9-13-25(14-10-17)18-8-7-16-29-18;/h7-8,16-17H,6,9-15H2,1-5H3,(H2,22,23,24);1H. The van der Waals surface area contributed by atoms with Gasteiger partial charge in [0, 0.05) is 45.8 Å². The van der Waals surface area contributed by atoms with E-state index >= 15 is 0 Å². The molecule has 1 amide bonds. The minimum Gasteiger partial charge on any atom is -0.444 e. The monoisotopic (exact) mass is 551 g/mol. The molecule has 2 rings (SSSR count). The van der Waals surface area contributed by atoms with E-state index in [4.69, 9.17) is 4.74 Å². The first kappa shape index (κ1) is 26.8. The Labute approximate surface area is 202 Å². The summed E-state index contributed by atoms with van der Waals surface area (Å²) in [5.41, 5.74) is -0.480. The first-order chi connectivity index (χ1) is 13.8. The molecule has 1 aliphatic rings. The second-order valence-corrected chi connectivity index (χ2v) is 9.25. The summed E-state index contributed by atoms with van der Waals surface area (Å²) >= 11 is 1.80. The van der Waals surface area contributed by atoms with Crippen molar-refractivity contribution in [3.05, 3.63) is 17.5 Å². The lowest BCUT2D eigenvalue weighted by Crippen LogP contribution is -2.50. The number of halogens is 1. The van der Waals surface area contributed by atoms with Gasteiger partial charge in [-0.25, -0.2) is 4.79 Å². The van der Waals surface area contributed by atoms with Crippen LogP contribution >= 0.6 is 35.3 Å². The number of aliphatic imine (C=N–C) groups is 1. The van der Waals surface area contributed by atoms with E-state index in [0.717, 1.165) is 38.3 Å². The molecule has 1 aromatic rings. The van der Waals surface area contributed by atoms with Crippen molar-refractivity contribution in [2.24, 2.45) is 4.99 Å². The van der Waals surface area contributed by atoms with Gasteiger partial charge in [0.1, 0.15) is 5.60 Å². The van der Waals surface area contributed by atoms with Gasteiger partial charge in [0.25, 0.3) is 0 Å². The van der Waals surface area contributed by atoms with E-state index in [9.17, 15) is 4.79 Å². The van der Waals surface area contributed by atoms with Crippen LogP contribution < -0.4 is 15.5 Å². The molecule has 1 fully saturated rings. The summed E-state index contributed by atoms with van der Waals surface area (Å²) in [6.07, 6.45) is 2.80. The number of hydrogen-bond donors (Lipinski definition) is 2. The number of nitrogens with one attached hydrogen (secondary N) is 2. The molecule has 172 valence electrons. The van der Waals surface area contributed by atoms with Gasteiger partial charge >= 0.3 is 6.09 Å². The smallest absolute Gasteiger partial charge is 0.410 e. The number of rotatable bonds is 7. The first-order valence-corrected chi connectivity index (χ1v) is 11.4. The van der Waals surface area contributed by atoms with E-state index in [2.05, 4.69) is 45.0 Å². The fraction of sp³-hybridized carbons (Fsp3) is 0.714. The van der Waals surface area contributed by atoms with Crippen LogP contribution in [0.5, 0.6) is 0 Å². The molecule has 2 heterocycles. The van der Waals surface area contributed by atoms with E-state index < -0.39 is 5.60 Å². The Morgan fingerprint density at radius 3 is 2.57 bits per heavy atom. The van der Waals surface area contributed by atoms with Gasteiger partial charge in [-0.3, -0.25) is 4.99 Å². The van der Waals surface area contributed by atoms with Crippen molar-refractivity contribution in [3.8, 4) is 0 Å². The predicted molar refractivity (Wildman–Crippen MR) is 138 cm³/mol. The molecule has 0 radical (unpaired) electrons. The van der Waals surface area contributed by atoms with E-state index in [1.54, 1.807) is 23.3 Å². The molecule has 0 aliphatic carbocycles. The van der Waals surface area contributed by atoms with Gasteiger partial charge in [-0.1, -0.05) is 6.92 Å². The number of anilines is 1. The second-order valence-electron chi connectivity index (χ2n) is 8.32. The van der Waals surface area contributed by atoms with Crippen LogP contribution in [-0.2, 0) is 4.74 Å². The van der Waals surface area contributed by atoms with Crippen LogP contribution in [-0.4, -0.2) is 68.4 Å². The van der Waals surface area contributed by atoms with Crippen LogP contribution in [0.25, 0.3) is 0 Å². The van der Waals surface area contributed by atoms with E-state index in [-0.39, 0.29) is 30.1 Å². The highest BCUT2D eigenvalue weighted by atomic mass is 127. The minimum atomic E-state index is -0.480. The van der Waals surface area contributed by atoms with Crippen molar-refractivity contribution < 1.29 is 9.53 Å². The number of nitrogens with zero attached hydrogens (tertiary/aromatic N) is 3. The molecule has 9 heteroatoms. The third kappa shape index (κ3) is 9.28. The third-order valence-corrected chi connectivity index (χ3v) is 5.63. The van der Waals surface area contributed by atoms with Crippen molar-refractivity contribution >= 4 is 52.4 Å².